The van der Waals surface area contributed by atoms with Crippen molar-refractivity contribution in [1.29, 1.82) is 0 Å². The standard InChI is InChI=1S/C23H23N7O/c1-5-23(4)16-9-14(7-8-17(16)28-22(23)31)18-19-21(27-12-26-18)30(6-2)20(29-19)15-10-24-13(3)25-11-15/h7-12H,5-6H2,1-4H3,(H,28,31)/t23-/m0/s1. The molecule has 0 bridgehead atoms. The summed E-state index contributed by atoms with van der Waals surface area (Å²) in [5, 5.41) is 3.00. The SMILES string of the molecule is CCn1c(-c2cnc(C)nc2)nc2c(-c3ccc4c(c3)[C@](C)(CC)C(=O)N4)ncnc21. The average Bonchev–Trinajstić information content (AvgIpc) is 3.29. The lowest BCUT2D eigenvalue weighted by atomic mass is 9.80. The predicted octanol–water partition coefficient (Wildman–Crippen LogP) is 3.90. The first-order valence-electron chi connectivity index (χ1n) is 10.4. The number of nitrogens with one attached hydrogen (secondary N) is 1. The van der Waals surface area contributed by atoms with E-state index in [1.807, 2.05) is 37.5 Å². The molecule has 1 aliphatic heterocycles. The first-order valence-corrected chi connectivity index (χ1v) is 10.4. The Morgan fingerprint density at radius 1 is 1.06 bits per heavy atom. The molecule has 0 saturated carbocycles. The van der Waals surface area contributed by atoms with E-state index < -0.39 is 5.41 Å². The summed E-state index contributed by atoms with van der Waals surface area (Å²) >= 11 is 0. The van der Waals surface area contributed by atoms with E-state index in [4.69, 9.17) is 4.98 Å². The Morgan fingerprint density at radius 2 is 1.84 bits per heavy atom. The zero-order chi connectivity index (χ0) is 21.8. The molecular formula is C23H23N7O. The number of rotatable bonds is 4. The molecule has 1 atom stereocenters. The highest BCUT2D eigenvalue weighted by atomic mass is 16.2. The van der Waals surface area contributed by atoms with Gasteiger partial charge in [-0.25, -0.2) is 24.9 Å². The molecule has 0 unspecified atom stereocenters. The van der Waals surface area contributed by atoms with Crippen LogP contribution in [0.2, 0.25) is 0 Å². The van der Waals surface area contributed by atoms with Crippen LogP contribution >= 0.6 is 0 Å². The van der Waals surface area contributed by atoms with Gasteiger partial charge in [0.15, 0.2) is 5.65 Å². The Bertz CT molecular complexity index is 1330. The Labute approximate surface area is 179 Å². The van der Waals surface area contributed by atoms with Gasteiger partial charge in [-0.2, -0.15) is 0 Å². The van der Waals surface area contributed by atoms with Crippen LogP contribution in [0.15, 0.2) is 36.9 Å². The lowest BCUT2D eigenvalue weighted by Crippen LogP contribution is -2.29. The molecule has 1 amide bonds. The van der Waals surface area contributed by atoms with Gasteiger partial charge in [0, 0.05) is 30.2 Å². The van der Waals surface area contributed by atoms with E-state index in [1.165, 1.54) is 0 Å². The summed E-state index contributed by atoms with van der Waals surface area (Å²) in [6, 6.07) is 5.98. The largest absolute Gasteiger partial charge is 0.325 e. The molecule has 0 fully saturated rings. The number of anilines is 1. The van der Waals surface area contributed by atoms with Crippen LogP contribution in [0.4, 0.5) is 5.69 Å². The summed E-state index contributed by atoms with van der Waals surface area (Å²) in [6.07, 6.45) is 5.84. The Morgan fingerprint density at radius 3 is 2.55 bits per heavy atom. The van der Waals surface area contributed by atoms with Gasteiger partial charge in [-0.3, -0.25) is 4.79 Å². The average molecular weight is 413 g/mol. The van der Waals surface area contributed by atoms with E-state index >= 15 is 0 Å². The van der Waals surface area contributed by atoms with Crippen LogP contribution < -0.4 is 5.32 Å². The summed E-state index contributed by atoms with van der Waals surface area (Å²) in [4.78, 5) is 35.2. The van der Waals surface area contributed by atoms with Gasteiger partial charge in [-0.15, -0.1) is 0 Å². The number of hydrogen-bond acceptors (Lipinski definition) is 6. The van der Waals surface area contributed by atoms with Crippen LogP contribution in [0.1, 0.15) is 38.6 Å². The van der Waals surface area contributed by atoms with Crippen molar-refractivity contribution in [2.45, 2.75) is 46.1 Å². The fraction of sp³-hybridized carbons (Fsp3) is 0.304. The second-order valence-electron chi connectivity index (χ2n) is 7.99. The van der Waals surface area contributed by atoms with Crippen LogP contribution in [0.5, 0.6) is 0 Å². The molecule has 0 saturated heterocycles. The van der Waals surface area contributed by atoms with Gasteiger partial charge in [0.25, 0.3) is 0 Å². The molecule has 4 aromatic rings. The van der Waals surface area contributed by atoms with Gasteiger partial charge in [0.1, 0.15) is 29.2 Å². The summed E-state index contributed by atoms with van der Waals surface area (Å²) in [5.41, 5.74) is 5.27. The van der Waals surface area contributed by atoms with Crippen molar-refractivity contribution < 1.29 is 4.79 Å². The lowest BCUT2D eigenvalue weighted by molar-refractivity contribution is -0.120. The molecule has 156 valence electrons. The normalized spacial score (nSPS) is 17.7. The van der Waals surface area contributed by atoms with E-state index in [2.05, 4.69) is 38.2 Å². The van der Waals surface area contributed by atoms with Crippen molar-refractivity contribution in [1.82, 2.24) is 29.5 Å². The third-order valence-electron chi connectivity index (χ3n) is 6.23. The molecule has 5 rings (SSSR count). The van der Waals surface area contributed by atoms with Crippen molar-refractivity contribution in [2.75, 3.05) is 5.32 Å². The number of carbonyl (C=O) groups excluding carboxylic acids is 1. The monoisotopic (exact) mass is 413 g/mol. The molecule has 1 aromatic carbocycles. The molecule has 0 radical (unpaired) electrons. The molecule has 8 nitrogen and oxygen atoms in total. The molecule has 4 heterocycles. The minimum atomic E-state index is -0.551. The zero-order valence-corrected chi connectivity index (χ0v) is 18.0. The van der Waals surface area contributed by atoms with Gasteiger partial charge in [0.05, 0.1) is 11.0 Å². The molecule has 0 spiro atoms. The van der Waals surface area contributed by atoms with Crippen LogP contribution in [0, 0.1) is 6.92 Å². The number of nitrogens with zero attached hydrogens (tertiary/aromatic N) is 6. The molecule has 0 aliphatic carbocycles. The molecule has 31 heavy (non-hydrogen) atoms. The third kappa shape index (κ3) is 2.82. The number of benzene rings is 1. The highest BCUT2D eigenvalue weighted by molar-refractivity contribution is 6.06. The maximum atomic E-state index is 12.5. The summed E-state index contributed by atoms with van der Waals surface area (Å²) in [6.45, 7) is 8.62. The number of hydrogen-bond donors (Lipinski definition) is 1. The van der Waals surface area contributed by atoms with E-state index in [-0.39, 0.29) is 5.91 Å². The Hall–Kier alpha value is -3.68. The molecule has 1 N–H and O–H groups in total. The first kappa shape index (κ1) is 19.3. The van der Waals surface area contributed by atoms with Gasteiger partial charge < -0.3 is 9.88 Å². The summed E-state index contributed by atoms with van der Waals surface area (Å²) in [7, 11) is 0. The maximum absolute atomic E-state index is 12.5. The molecule has 1 aliphatic rings. The lowest BCUT2D eigenvalue weighted by Gasteiger charge is -2.20. The van der Waals surface area contributed by atoms with Crippen molar-refractivity contribution in [3.8, 4) is 22.6 Å². The van der Waals surface area contributed by atoms with Crippen LogP contribution in [0.25, 0.3) is 33.8 Å². The number of aryl methyl sites for hydroxylation is 2. The second-order valence-corrected chi connectivity index (χ2v) is 7.99. The summed E-state index contributed by atoms with van der Waals surface area (Å²) in [5.74, 6) is 1.51. The van der Waals surface area contributed by atoms with Crippen molar-refractivity contribution in [3.05, 3.63) is 48.3 Å². The number of fused-ring (bicyclic) bond motifs is 2. The van der Waals surface area contributed by atoms with E-state index in [9.17, 15) is 4.79 Å². The number of carbonyl (C=O) groups is 1. The minimum absolute atomic E-state index is 0.0342. The number of imidazole rings is 1. The van der Waals surface area contributed by atoms with Crippen LogP contribution in [-0.4, -0.2) is 35.4 Å². The highest BCUT2D eigenvalue weighted by Crippen LogP contribution is 2.42. The maximum Gasteiger partial charge on any atom is 0.234 e. The van der Waals surface area contributed by atoms with Gasteiger partial charge in [0.2, 0.25) is 5.91 Å². The quantitative estimate of drug-likeness (QED) is 0.545. The first-order chi connectivity index (χ1) is 15.0. The second kappa shape index (κ2) is 6.94. The Balaban J connectivity index is 1.71. The minimum Gasteiger partial charge on any atom is -0.325 e. The van der Waals surface area contributed by atoms with E-state index in [0.29, 0.717) is 12.4 Å². The third-order valence-corrected chi connectivity index (χ3v) is 6.23. The van der Waals surface area contributed by atoms with E-state index in [0.717, 1.165) is 51.5 Å². The van der Waals surface area contributed by atoms with E-state index in [1.54, 1.807) is 18.7 Å². The Kier molecular flexibility index (Phi) is 4.32. The van der Waals surface area contributed by atoms with Crippen molar-refractivity contribution >= 4 is 22.8 Å². The molecule has 3 aromatic heterocycles. The predicted molar refractivity (Wildman–Crippen MR) is 118 cm³/mol. The summed E-state index contributed by atoms with van der Waals surface area (Å²) < 4.78 is 2.04. The van der Waals surface area contributed by atoms with Gasteiger partial charge in [-0.05, 0) is 44.9 Å². The zero-order valence-electron chi connectivity index (χ0n) is 18.0. The van der Waals surface area contributed by atoms with Crippen molar-refractivity contribution in [2.24, 2.45) is 0 Å². The molecular weight excluding hydrogens is 390 g/mol. The topological polar surface area (TPSA) is 98.5 Å². The van der Waals surface area contributed by atoms with Crippen LogP contribution in [0.3, 0.4) is 0 Å². The fourth-order valence-corrected chi connectivity index (χ4v) is 4.17. The van der Waals surface area contributed by atoms with Gasteiger partial charge in [-0.1, -0.05) is 13.0 Å². The van der Waals surface area contributed by atoms with Gasteiger partial charge >= 0.3 is 0 Å². The molecule has 8 heteroatoms. The van der Waals surface area contributed by atoms with Crippen LogP contribution in [-0.2, 0) is 16.8 Å². The number of amides is 1. The van der Waals surface area contributed by atoms with Crippen molar-refractivity contribution in [3.63, 3.8) is 0 Å². The smallest absolute Gasteiger partial charge is 0.234 e. The fourth-order valence-electron chi connectivity index (χ4n) is 4.17. The highest BCUT2D eigenvalue weighted by Gasteiger charge is 2.41. The number of aromatic nitrogens is 6.